The molecule has 8 nitrogen and oxygen atoms in total. The Morgan fingerprint density at radius 3 is 2.63 bits per heavy atom. The normalized spacial score (nSPS) is 10.7. The van der Waals surface area contributed by atoms with Crippen LogP contribution in [0.4, 0.5) is 0 Å². The Bertz CT molecular complexity index is 1180. The summed E-state index contributed by atoms with van der Waals surface area (Å²) in [5.74, 6) is 1.65. The van der Waals surface area contributed by atoms with Crippen molar-refractivity contribution >= 4 is 34.1 Å². The maximum atomic E-state index is 12.2. The number of hydrogen-bond donors (Lipinski definition) is 1. The van der Waals surface area contributed by atoms with E-state index in [1.807, 2.05) is 42.5 Å². The highest BCUT2D eigenvalue weighted by atomic mass is 127. The Morgan fingerprint density at radius 1 is 1.07 bits per heavy atom. The number of methoxy groups -OCH3 is 1. The molecule has 0 saturated heterocycles. The van der Waals surface area contributed by atoms with Crippen molar-refractivity contribution in [1.29, 1.82) is 0 Å². The zero-order chi connectivity index (χ0) is 20.9. The van der Waals surface area contributed by atoms with Crippen LogP contribution in [0.2, 0.25) is 0 Å². The van der Waals surface area contributed by atoms with Gasteiger partial charge in [-0.3, -0.25) is 4.79 Å². The molecule has 2 aromatic heterocycles. The van der Waals surface area contributed by atoms with E-state index in [0.717, 1.165) is 14.9 Å². The van der Waals surface area contributed by atoms with Crippen LogP contribution in [0.25, 0.3) is 17.0 Å². The molecule has 9 heteroatoms. The van der Waals surface area contributed by atoms with Gasteiger partial charge in [-0.1, -0.05) is 12.1 Å². The third kappa shape index (κ3) is 4.35. The summed E-state index contributed by atoms with van der Waals surface area (Å²) in [5, 5.41) is 15.7. The number of amides is 1. The maximum absolute atomic E-state index is 12.2. The summed E-state index contributed by atoms with van der Waals surface area (Å²) in [6.45, 7) is 0.644. The van der Waals surface area contributed by atoms with E-state index < -0.39 is 0 Å². The molecule has 0 aliphatic heterocycles. The van der Waals surface area contributed by atoms with Crippen molar-refractivity contribution in [2.75, 3.05) is 20.3 Å². The third-order valence-electron chi connectivity index (χ3n) is 4.34. The lowest BCUT2D eigenvalue weighted by Gasteiger charge is -2.08. The van der Waals surface area contributed by atoms with Gasteiger partial charge in [0, 0.05) is 15.2 Å². The molecule has 0 spiro atoms. The fourth-order valence-corrected chi connectivity index (χ4v) is 3.46. The smallest absolute Gasteiger partial charge is 0.252 e. The summed E-state index contributed by atoms with van der Waals surface area (Å²) < 4.78 is 13.4. The third-order valence-corrected chi connectivity index (χ3v) is 5.28. The fourth-order valence-electron chi connectivity index (χ4n) is 2.83. The maximum Gasteiger partial charge on any atom is 0.252 e. The van der Waals surface area contributed by atoms with Gasteiger partial charge in [0.05, 0.1) is 19.2 Å². The van der Waals surface area contributed by atoms with Gasteiger partial charge in [-0.15, -0.1) is 15.3 Å². The van der Waals surface area contributed by atoms with Gasteiger partial charge in [-0.25, -0.2) is 0 Å². The summed E-state index contributed by atoms with van der Waals surface area (Å²) in [4.78, 5) is 12.2. The first-order valence-electron chi connectivity index (χ1n) is 9.18. The molecule has 2 heterocycles. The minimum Gasteiger partial charge on any atom is -0.497 e. The van der Waals surface area contributed by atoms with Crippen LogP contribution in [0.15, 0.2) is 60.7 Å². The van der Waals surface area contributed by atoms with Crippen molar-refractivity contribution in [2.24, 2.45) is 0 Å². The number of hydrogen-bond acceptors (Lipinski definition) is 6. The van der Waals surface area contributed by atoms with Crippen LogP contribution in [0.5, 0.6) is 11.6 Å². The van der Waals surface area contributed by atoms with Crippen LogP contribution in [-0.4, -0.2) is 46.0 Å². The highest BCUT2D eigenvalue weighted by molar-refractivity contribution is 14.1. The second kappa shape index (κ2) is 9.08. The Labute approximate surface area is 186 Å². The molecule has 0 bridgehead atoms. The quantitative estimate of drug-likeness (QED) is 0.301. The number of rotatable bonds is 7. The molecule has 152 valence electrons. The van der Waals surface area contributed by atoms with Crippen molar-refractivity contribution in [2.45, 2.75) is 0 Å². The van der Waals surface area contributed by atoms with Gasteiger partial charge in [0.25, 0.3) is 5.91 Å². The van der Waals surface area contributed by atoms with Gasteiger partial charge < -0.3 is 14.8 Å². The molecule has 1 amide bonds. The van der Waals surface area contributed by atoms with Crippen molar-refractivity contribution in [1.82, 2.24) is 25.1 Å². The molecule has 4 aromatic rings. The topological polar surface area (TPSA) is 90.6 Å². The van der Waals surface area contributed by atoms with Gasteiger partial charge in [-0.2, -0.15) is 4.52 Å². The van der Waals surface area contributed by atoms with Gasteiger partial charge in [0.2, 0.25) is 5.88 Å². The zero-order valence-electron chi connectivity index (χ0n) is 16.1. The molecule has 4 rings (SSSR count). The number of nitrogens with one attached hydrogen (secondary N) is 1. The molecule has 0 atom stereocenters. The lowest BCUT2D eigenvalue weighted by Crippen LogP contribution is -2.28. The highest BCUT2D eigenvalue weighted by Crippen LogP contribution is 2.21. The SMILES string of the molecule is COc1ccc(-c2nnc3ccc(OCCNC(=O)c4ccccc4I)nn23)cc1. The minimum absolute atomic E-state index is 0.132. The van der Waals surface area contributed by atoms with E-state index in [1.165, 1.54) is 0 Å². The second-order valence-corrected chi connectivity index (χ2v) is 7.44. The molecule has 0 aliphatic rings. The largest absolute Gasteiger partial charge is 0.497 e. The van der Waals surface area contributed by atoms with E-state index in [4.69, 9.17) is 9.47 Å². The summed E-state index contributed by atoms with van der Waals surface area (Å²) in [7, 11) is 1.62. The van der Waals surface area contributed by atoms with E-state index in [2.05, 4.69) is 43.2 Å². The first kappa shape index (κ1) is 20.1. The van der Waals surface area contributed by atoms with E-state index in [1.54, 1.807) is 29.8 Å². The lowest BCUT2D eigenvalue weighted by atomic mass is 10.2. The first-order valence-corrected chi connectivity index (χ1v) is 10.3. The predicted octanol–water partition coefficient (Wildman–Crippen LogP) is 3.21. The molecule has 0 radical (unpaired) electrons. The van der Waals surface area contributed by atoms with Crippen LogP contribution in [0.1, 0.15) is 10.4 Å². The van der Waals surface area contributed by atoms with Crippen molar-refractivity contribution in [3.63, 3.8) is 0 Å². The van der Waals surface area contributed by atoms with Crippen LogP contribution < -0.4 is 14.8 Å². The molecule has 0 aliphatic carbocycles. The number of carbonyl (C=O) groups is 1. The monoisotopic (exact) mass is 515 g/mol. The van der Waals surface area contributed by atoms with Gasteiger partial charge in [0.1, 0.15) is 12.4 Å². The molecule has 2 aromatic carbocycles. The van der Waals surface area contributed by atoms with Crippen LogP contribution in [-0.2, 0) is 0 Å². The van der Waals surface area contributed by atoms with E-state index >= 15 is 0 Å². The molecule has 0 saturated carbocycles. The Morgan fingerprint density at radius 2 is 1.87 bits per heavy atom. The van der Waals surface area contributed by atoms with E-state index in [0.29, 0.717) is 29.5 Å². The summed E-state index contributed by atoms with van der Waals surface area (Å²) >= 11 is 2.14. The molecular weight excluding hydrogens is 497 g/mol. The fraction of sp³-hybridized carbons (Fsp3) is 0.143. The highest BCUT2D eigenvalue weighted by Gasteiger charge is 2.11. The van der Waals surface area contributed by atoms with Crippen LogP contribution in [0, 0.1) is 3.57 Å². The average molecular weight is 515 g/mol. The number of carbonyl (C=O) groups excluding carboxylic acids is 1. The van der Waals surface area contributed by atoms with Crippen LogP contribution >= 0.6 is 22.6 Å². The zero-order valence-corrected chi connectivity index (χ0v) is 18.2. The van der Waals surface area contributed by atoms with Gasteiger partial charge in [0.15, 0.2) is 11.5 Å². The number of benzene rings is 2. The van der Waals surface area contributed by atoms with E-state index in [-0.39, 0.29) is 12.5 Å². The number of nitrogens with zero attached hydrogens (tertiary/aromatic N) is 4. The summed E-state index contributed by atoms with van der Waals surface area (Å²) in [5.41, 5.74) is 2.11. The lowest BCUT2D eigenvalue weighted by molar-refractivity contribution is 0.0945. The summed E-state index contributed by atoms with van der Waals surface area (Å²) in [6.07, 6.45) is 0. The van der Waals surface area contributed by atoms with E-state index in [9.17, 15) is 4.79 Å². The number of ether oxygens (including phenoxy) is 2. The van der Waals surface area contributed by atoms with Gasteiger partial charge >= 0.3 is 0 Å². The Balaban J connectivity index is 1.41. The van der Waals surface area contributed by atoms with Crippen molar-refractivity contribution in [3.8, 4) is 23.0 Å². The standard InChI is InChI=1S/C21H18IN5O3/c1-29-15-8-6-14(7-9-15)20-25-24-18-10-11-19(26-27(18)20)30-13-12-23-21(28)16-4-2-3-5-17(16)22/h2-11H,12-13H2,1H3,(H,23,28). The van der Waals surface area contributed by atoms with Crippen molar-refractivity contribution < 1.29 is 14.3 Å². The van der Waals surface area contributed by atoms with Crippen LogP contribution in [0.3, 0.4) is 0 Å². The number of aromatic nitrogens is 4. The molecule has 0 unspecified atom stereocenters. The number of halogens is 1. The number of fused-ring (bicyclic) bond motifs is 1. The second-order valence-electron chi connectivity index (χ2n) is 6.28. The molecule has 1 N–H and O–H groups in total. The molecule has 0 fully saturated rings. The predicted molar refractivity (Wildman–Crippen MR) is 120 cm³/mol. The Hall–Kier alpha value is -3.21. The summed E-state index contributed by atoms with van der Waals surface area (Å²) in [6, 6.07) is 18.4. The van der Waals surface area contributed by atoms with Crippen molar-refractivity contribution in [3.05, 3.63) is 69.8 Å². The minimum atomic E-state index is -0.132. The first-order chi connectivity index (χ1) is 14.7. The Kier molecular flexibility index (Phi) is 6.07. The molecular formula is C21H18IN5O3. The van der Waals surface area contributed by atoms with Gasteiger partial charge in [-0.05, 0) is 65.1 Å². The average Bonchev–Trinajstić information content (AvgIpc) is 3.20. The molecule has 30 heavy (non-hydrogen) atoms.